The van der Waals surface area contributed by atoms with Crippen LogP contribution in [0.4, 0.5) is 9.18 Å². The highest BCUT2D eigenvalue weighted by atomic mass is 19.1. The van der Waals surface area contributed by atoms with Crippen LogP contribution >= 0.6 is 0 Å². The second kappa shape index (κ2) is 13.3. The summed E-state index contributed by atoms with van der Waals surface area (Å²) in [5.74, 6) is -1.37. The van der Waals surface area contributed by atoms with Crippen LogP contribution in [-0.2, 0) is 20.7 Å². The van der Waals surface area contributed by atoms with E-state index in [0.717, 1.165) is 55.6 Å². The van der Waals surface area contributed by atoms with E-state index in [-0.39, 0.29) is 12.0 Å². The maximum Gasteiger partial charge on any atom is 0.407 e. The molecule has 3 heterocycles. The molecule has 5 rings (SSSR count). The van der Waals surface area contributed by atoms with Gasteiger partial charge in [-0.25, -0.2) is 9.18 Å². The number of rotatable bonds is 9. The van der Waals surface area contributed by atoms with Gasteiger partial charge in [-0.15, -0.1) is 0 Å². The average Bonchev–Trinajstić information content (AvgIpc) is 3.38. The van der Waals surface area contributed by atoms with Crippen molar-refractivity contribution in [3.05, 3.63) is 54.0 Å². The summed E-state index contributed by atoms with van der Waals surface area (Å²) in [6, 6.07) is 12.5. The molecule has 0 spiro atoms. The second-order valence-corrected chi connectivity index (χ2v) is 12.4. The van der Waals surface area contributed by atoms with E-state index >= 15 is 4.39 Å². The summed E-state index contributed by atoms with van der Waals surface area (Å²) < 4.78 is 27.8. The number of hydrogen-bond donors (Lipinski definition) is 3. The van der Waals surface area contributed by atoms with Crippen LogP contribution in [0.15, 0.2) is 42.6 Å². The molecule has 2 fully saturated rings. The molecule has 2 aliphatic rings. The Morgan fingerprint density at radius 2 is 1.86 bits per heavy atom. The molecule has 0 aliphatic carbocycles. The monoisotopic (exact) mass is 606 g/mol. The first-order chi connectivity index (χ1) is 21.0. The smallest absolute Gasteiger partial charge is 0.407 e. The summed E-state index contributed by atoms with van der Waals surface area (Å²) in [6.07, 6.45) is 1.39. The fraction of sp³-hybridized carbons (Fsp3) is 0.500. The van der Waals surface area contributed by atoms with Gasteiger partial charge >= 0.3 is 6.09 Å². The number of carbonyl (C=O) groups excluding carboxylic acids is 2. The van der Waals surface area contributed by atoms with Crippen molar-refractivity contribution < 1.29 is 28.6 Å². The molecule has 0 unspecified atom stereocenters. The predicted molar refractivity (Wildman–Crippen MR) is 161 cm³/mol. The average molecular weight is 607 g/mol. The van der Waals surface area contributed by atoms with E-state index in [9.17, 15) is 20.0 Å². The highest BCUT2D eigenvalue weighted by molar-refractivity contribution is 5.84. The number of nitrogens with one attached hydrogen (secondary N) is 2. The van der Waals surface area contributed by atoms with Crippen molar-refractivity contribution in [3.63, 3.8) is 0 Å². The topological polar surface area (TPSA) is 142 Å². The molecular weight excluding hydrogens is 567 g/mol. The largest absolute Gasteiger partial charge is 0.444 e. The van der Waals surface area contributed by atoms with Crippen LogP contribution in [0.1, 0.15) is 45.2 Å². The van der Waals surface area contributed by atoms with Crippen LogP contribution in [0.3, 0.4) is 0 Å². The number of piperidine rings is 1. The van der Waals surface area contributed by atoms with E-state index in [1.54, 1.807) is 32.9 Å². The second-order valence-electron chi connectivity index (χ2n) is 12.4. The molecule has 44 heavy (non-hydrogen) atoms. The highest BCUT2D eigenvalue weighted by Crippen LogP contribution is 2.31. The van der Waals surface area contributed by atoms with Gasteiger partial charge in [0, 0.05) is 24.9 Å². The predicted octanol–water partition coefficient (Wildman–Crippen LogP) is 3.31. The minimum atomic E-state index is -1.61. The van der Waals surface area contributed by atoms with Gasteiger partial charge in [-0.3, -0.25) is 14.4 Å². The maximum atomic E-state index is 15.3. The molecule has 1 aromatic heterocycles. The molecule has 0 saturated carbocycles. The zero-order chi connectivity index (χ0) is 31.4. The minimum Gasteiger partial charge on any atom is -0.444 e. The van der Waals surface area contributed by atoms with Gasteiger partial charge in [0.15, 0.2) is 0 Å². The Labute approximate surface area is 255 Å². The number of likely N-dealkylation sites (tertiary alicyclic amines) is 1. The van der Waals surface area contributed by atoms with E-state index in [1.165, 1.54) is 6.07 Å². The Morgan fingerprint density at radius 3 is 2.50 bits per heavy atom. The summed E-state index contributed by atoms with van der Waals surface area (Å²) in [5, 5.41) is 30.1. The summed E-state index contributed by atoms with van der Waals surface area (Å²) in [7, 11) is 0. The molecule has 12 heteroatoms. The lowest BCUT2D eigenvalue weighted by molar-refractivity contribution is -0.129. The van der Waals surface area contributed by atoms with Crippen molar-refractivity contribution >= 4 is 22.9 Å². The number of nitrogens with zero attached hydrogens (tertiary/aromatic N) is 4. The summed E-state index contributed by atoms with van der Waals surface area (Å²) in [4.78, 5) is 26.7. The van der Waals surface area contributed by atoms with E-state index in [1.807, 2.05) is 30.5 Å². The van der Waals surface area contributed by atoms with Crippen LogP contribution in [0, 0.1) is 17.1 Å². The number of ether oxygens (including phenoxy) is 2. The lowest BCUT2D eigenvalue weighted by Gasteiger charge is -2.41. The Hall–Kier alpha value is -4.05. The minimum absolute atomic E-state index is 0.0992. The summed E-state index contributed by atoms with van der Waals surface area (Å²) >= 11 is 0. The SMILES string of the molecule is CC(C)(C)OC(=O)NC[C@H](O)C(=O)N[C@H](C#N)Cc1ccc(-c2ccc3cnn(C4CCN(C5COC5)CC4)c3c2)cc1F. The fourth-order valence-electron chi connectivity index (χ4n) is 5.53. The number of nitriles is 1. The number of halogens is 1. The van der Waals surface area contributed by atoms with Gasteiger partial charge in [0.1, 0.15) is 23.6 Å². The van der Waals surface area contributed by atoms with Crippen LogP contribution in [0.25, 0.3) is 22.0 Å². The molecule has 3 N–H and O–H groups in total. The zero-order valence-corrected chi connectivity index (χ0v) is 25.3. The molecular formula is C32H39FN6O5. The van der Waals surface area contributed by atoms with E-state index in [0.29, 0.717) is 17.6 Å². The van der Waals surface area contributed by atoms with Crippen LogP contribution < -0.4 is 10.6 Å². The number of fused-ring (bicyclic) bond motifs is 1. The standard InChI is InChI=1S/C32H39FN6O5/c1-32(2,3)44-31(42)35-17-29(40)30(41)37-24(15-34)12-22-6-4-20(13-27(22)33)21-5-7-23-16-36-39(28(23)14-21)25-8-10-38(11-9-25)26-18-43-19-26/h4-7,13-14,16,24-26,29,40H,8-12,17-19H2,1-3H3,(H,35,42)(H,37,41)/t24-,29-/m0/s1. The first kappa shape index (κ1) is 31.4. The number of carbonyl (C=O) groups is 2. The van der Waals surface area contributed by atoms with Crippen molar-refractivity contribution in [1.82, 2.24) is 25.3 Å². The van der Waals surface area contributed by atoms with Gasteiger partial charge < -0.3 is 25.2 Å². The van der Waals surface area contributed by atoms with Gasteiger partial charge in [0.05, 0.1) is 49.6 Å². The van der Waals surface area contributed by atoms with Gasteiger partial charge in [-0.1, -0.05) is 24.3 Å². The van der Waals surface area contributed by atoms with E-state index in [2.05, 4.69) is 20.2 Å². The molecule has 11 nitrogen and oxygen atoms in total. The van der Waals surface area contributed by atoms with Crippen LogP contribution in [0.5, 0.6) is 0 Å². The molecule has 0 radical (unpaired) electrons. The quantitative estimate of drug-likeness (QED) is 0.337. The van der Waals surface area contributed by atoms with Gasteiger partial charge in [-0.2, -0.15) is 10.4 Å². The third-order valence-corrected chi connectivity index (χ3v) is 8.00. The number of aliphatic hydroxyl groups excluding tert-OH is 1. The number of amides is 2. The molecule has 234 valence electrons. The molecule has 2 aliphatic heterocycles. The maximum absolute atomic E-state index is 15.3. The van der Waals surface area contributed by atoms with Crippen LogP contribution in [-0.4, -0.2) is 88.4 Å². The first-order valence-electron chi connectivity index (χ1n) is 14.9. The molecule has 2 aromatic carbocycles. The zero-order valence-electron chi connectivity index (χ0n) is 25.3. The third kappa shape index (κ3) is 7.53. The van der Waals surface area contributed by atoms with Crippen molar-refractivity contribution in [1.29, 1.82) is 5.26 Å². The highest BCUT2D eigenvalue weighted by Gasteiger charge is 2.31. The molecule has 0 bridgehead atoms. The lowest BCUT2D eigenvalue weighted by atomic mass is 9.99. The van der Waals surface area contributed by atoms with Gasteiger partial charge in [-0.05, 0) is 62.4 Å². The third-order valence-electron chi connectivity index (χ3n) is 8.00. The fourth-order valence-corrected chi connectivity index (χ4v) is 5.53. The molecule has 2 atom stereocenters. The van der Waals surface area contributed by atoms with Gasteiger partial charge in [0.2, 0.25) is 0 Å². The summed E-state index contributed by atoms with van der Waals surface area (Å²) in [6.45, 7) is 8.31. The molecule has 2 saturated heterocycles. The normalized spacial score (nSPS) is 17.8. The van der Waals surface area contributed by atoms with Crippen molar-refractivity contribution in [2.75, 3.05) is 32.8 Å². The van der Waals surface area contributed by atoms with E-state index < -0.39 is 42.1 Å². The number of aromatic nitrogens is 2. The Bertz CT molecular complexity index is 1530. The number of alkyl carbamates (subject to hydrolysis) is 1. The number of aliphatic hydroxyl groups is 1. The van der Waals surface area contributed by atoms with Gasteiger partial charge in [0.25, 0.3) is 5.91 Å². The van der Waals surface area contributed by atoms with Crippen molar-refractivity contribution in [2.45, 2.75) is 69.9 Å². The first-order valence-corrected chi connectivity index (χ1v) is 14.9. The molecule has 3 aromatic rings. The Morgan fingerprint density at radius 1 is 1.16 bits per heavy atom. The van der Waals surface area contributed by atoms with Crippen molar-refractivity contribution in [3.8, 4) is 17.2 Å². The number of benzene rings is 2. The van der Waals surface area contributed by atoms with Crippen molar-refractivity contribution in [2.24, 2.45) is 0 Å². The van der Waals surface area contributed by atoms with Crippen LogP contribution in [0.2, 0.25) is 0 Å². The Balaban J connectivity index is 1.20. The Kier molecular flexibility index (Phi) is 9.48. The summed E-state index contributed by atoms with van der Waals surface area (Å²) in [5.41, 5.74) is 2.05. The number of hydrogen-bond acceptors (Lipinski definition) is 8. The molecule has 2 amide bonds. The van der Waals surface area contributed by atoms with E-state index in [4.69, 9.17) is 14.6 Å². The lowest BCUT2D eigenvalue weighted by Crippen LogP contribution is -2.51.